The van der Waals surface area contributed by atoms with Gasteiger partial charge in [0.15, 0.2) is 0 Å². The molecule has 1 amide bonds. The summed E-state index contributed by atoms with van der Waals surface area (Å²) in [4.78, 5) is 25.1. The van der Waals surface area contributed by atoms with E-state index < -0.39 is 0 Å². The van der Waals surface area contributed by atoms with E-state index in [1.54, 1.807) is 6.08 Å². The molecule has 0 atom stereocenters. The number of aliphatic hydroxyl groups excluding tert-OH is 1. The van der Waals surface area contributed by atoms with Gasteiger partial charge in [-0.3, -0.25) is 9.59 Å². The first-order chi connectivity index (χ1) is 11.6. The Labute approximate surface area is 142 Å². The average Bonchev–Trinajstić information content (AvgIpc) is 2.60. The molecule has 6 nitrogen and oxygen atoms in total. The number of ether oxygens (including phenoxy) is 2. The van der Waals surface area contributed by atoms with Gasteiger partial charge < -0.3 is 19.5 Å². The highest BCUT2D eigenvalue weighted by atomic mass is 16.5. The zero-order valence-electron chi connectivity index (χ0n) is 14.2. The van der Waals surface area contributed by atoms with Gasteiger partial charge in [-0.15, -0.1) is 0 Å². The van der Waals surface area contributed by atoms with Gasteiger partial charge in [0.25, 0.3) is 0 Å². The Hall–Kier alpha value is -2.18. The number of carbonyl (C=O) groups excluding carboxylic acids is 2. The molecule has 0 spiro atoms. The van der Waals surface area contributed by atoms with Crippen molar-refractivity contribution in [2.75, 3.05) is 40.0 Å². The van der Waals surface area contributed by atoms with Gasteiger partial charge in [0, 0.05) is 19.2 Å². The van der Waals surface area contributed by atoms with E-state index in [2.05, 4.69) is 4.74 Å². The molecule has 0 fully saturated rings. The summed E-state index contributed by atoms with van der Waals surface area (Å²) >= 11 is 0. The fraction of sp³-hybridized carbons (Fsp3) is 0.444. The van der Waals surface area contributed by atoms with Crippen molar-refractivity contribution in [1.82, 2.24) is 4.90 Å². The standard InChI is InChI=1S/C18H25NO5/c1-15-3-5-16(6-4-15)7-8-17(21)19(10-9-18(22)23-2)11-13-24-14-12-20/h3-8,20H,9-14H2,1-2H3/b8-7+. The van der Waals surface area contributed by atoms with Gasteiger partial charge >= 0.3 is 5.97 Å². The largest absolute Gasteiger partial charge is 0.469 e. The molecule has 1 rings (SSSR count). The van der Waals surface area contributed by atoms with Crippen LogP contribution in [0.3, 0.4) is 0 Å². The molecule has 0 saturated carbocycles. The van der Waals surface area contributed by atoms with Crippen molar-refractivity contribution in [3.05, 3.63) is 41.5 Å². The quantitative estimate of drug-likeness (QED) is 0.397. The fourth-order valence-corrected chi connectivity index (χ4v) is 1.95. The van der Waals surface area contributed by atoms with Crippen LogP contribution in [0.15, 0.2) is 30.3 Å². The maximum Gasteiger partial charge on any atom is 0.307 e. The minimum Gasteiger partial charge on any atom is -0.469 e. The topological polar surface area (TPSA) is 76.1 Å². The highest BCUT2D eigenvalue weighted by Gasteiger charge is 2.13. The maximum atomic E-state index is 12.3. The number of methoxy groups -OCH3 is 1. The second-order valence-corrected chi connectivity index (χ2v) is 5.23. The van der Waals surface area contributed by atoms with Gasteiger partial charge in [-0.05, 0) is 18.6 Å². The minimum atomic E-state index is -0.369. The van der Waals surface area contributed by atoms with Gasteiger partial charge in [-0.25, -0.2) is 0 Å². The second kappa shape index (κ2) is 11.4. The van der Waals surface area contributed by atoms with Crippen LogP contribution in [0, 0.1) is 6.92 Å². The van der Waals surface area contributed by atoms with Crippen molar-refractivity contribution >= 4 is 18.0 Å². The van der Waals surface area contributed by atoms with Crippen LogP contribution in [0.2, 0.25) is 0 Å². The SMILES string of the molecule is COC(=O)CCN(CCOCCO)C(=O)/C=C/c1ccc(C)cc1. The van der Waals surface area contributed by atoms with Crippen LogP contribution in [0.25, 0.3) is 6.08 Å². The third-order valence-electron chi connectivity index (χ3n) is 3.36. The Bertz CT molecular complexity index is 539. The van der Waals surface area contributed by atoms with Crippen LogP contribution < -0.4 is 0 Å². The van der Waals surface area contributed by atoms with E-state index in [-0.39, 0.29) is 38.1 Å². The molecule has 0 aliphatic carbocycles. The highest BCUT2D eigenvalue weighted by Crippen LogP contribution is 2.06. The smallest absolute Gasteiger partial charge is 0.307 e. The Morgan fingerprint density at radius 2 is 1.88 bits per heavy atom. The number of amides is 1. The maximum absolute atomic E-state index is 12.3. The van der Waals surface area contributed by atoms with Gasteiger partial charge in [0.2, 0.25) is 5.91 Å². The molecule has 0 aromatic heterocycles. The fourth-order valence-electron chi connectivity index (χ4n) is 1.95. The summed E-state index contributed by atoms with van der Waals surface area (Å²) in [6, 6.07) is 7.81. The van der Waals surface area contributed by atoms with Crippen LogP contribution >= 0.6 is 0 Å². The van der Waals surface area contributed by atoms with Gasteiger partial charge in [-0.2, -0.15) is 0 Å². The van der Waals surface area contributed by atoms with Gasteiger partial charge in [-0.1, -0.05) is 29.8 Å². The molecular formula is C18H25NO5. The molecule has 0 unspecified atom stereocenters. The van der Waals surface area contributed by atoms with E-state index in [9.17, 15) is 9.59 Å². The summed E-state index contributed by atoms with van der Waals surface area (Å²) in [5.74, 6) is -0.571. The third-order valence-corrected chi connectivity index (χ3v) is 3.36. The Morgan fingerprint density at radius 3 is 2.50 bits per heavy atom. The van der Waals surface area contributed by atoms with E-state index >= 15 is 0 Å². The molecule has 1 N–H and O–H groups in total. The van der Waals surface area contributed by atoms with Crippen molar-refractivity contribution in [3.63, 3.8) is 0 Å². The Morgan fingerprint density at radius 1 is 1.17 bits per heavy atom. The molecule has 0 bridgehead atoms. The average molecular weight is 335 g/mol. The molecular weight excluding hydrogens is 310 g/mol. The van der Waals surface area contributed by atoms with Crippen LogP contribution in [-0.2, 0) is 19.1 Å². The Kier molecular flexibility index (Phi) is 9.41. The number of hydrogen-bond acceptors (Lipinski definition) is 5. The molecule has 0 heterocycles. The first-order valence-electron chi connectivity index (χ1n) is 7.86. The van der Waals surface area contributed by atoms with E-state index in [1.165, 1.54) is 18.1 Å². The number of aliphatic hydroxyl groups is 1. The lowest BCUT2D eigenvalue weighted by molar-refractivity contribution is -0.141. The number of rotatable bonds is 10. The van der Waals surface area contributed by atoms with Crippen molar-refractivity contribution in [1.29, 1.82) is 0 Å². The predicted molar refractivity (Wildman–Crippen MR) is 91.3 cm³/mol. The summed E-state index contributed by atoms with van der Waals surface area (Å²) in [5.41, 5.74) is 2.08. The lowest BCUT2D eigenvalue weighted by Crippen LogP contribution is -2.35. The van der Waals surface area contributed by atoms with E-state index in [0.29, 0.717) is 13.2 Å². The number of esters is 1. The van der Waals surface area contributed by atoms with Gasteiger partial charge in [0.1, 0.15) is 0 Å². The lowest BCUT2D eigenvalue weighted by Gasteiger charge is -2.20. The summed E-state index contributed by atoms with van der Waals surface area (Å²) in [7, 11) is 1.32. The predicted octanol–water partition coefficient (Wildman–Crippen LogP) is 1.41. The normalized spacial score (nSPS) is 10.8. The van der Waals surface area contributed by atoms with Crippen molar-refractivity contribution in [2.24, 2.45) is 0 Å². The van der Waals surface area contributed by atoms with Crippen molar-refractivity contribution < 1.29 is 24.2 Å². The molecule has 1 aromatic rings. The van der Waals surface area contributed by atoms with Crippen LogP contribution in [0.5, 0.6) is 0 Å². The summed E-state index contributed by atoms with van der Waals surface area (Å²) in [6.45, 7) is 3.05. The third kappa shape index (κ3) is 7.89. The van der Waals surface area contributed by atoms with Crippen molar-refractivity contribution in [2.45, 2.75) is 13.3 Å². The molecule has 0 saturated heterocycles. The molecule has 0 radical (unpaired) electrons. The Balaban J connectivity index is 2.62. The molecule has 0 aliphatic heterocycles. The number of nitrogens with zero attached hydrogens (tertiary/aromatic N) is 1. The first kappa shape index (κ1) is 19.9. The molecule has 6 heteroatoms. The van der Waals surface area contributed by atoms with Crippen molar-refractivity contribution in [3.8, 4) is 0 Å². The number of carbonyl (C=O) groups is 2. The minimum absolute atomic E-state index is 0.0660. The molecule has 24 heavy (non-hydrogen) atoms. The van der Waals surface area contributed by atoms with Gasteiger partial charge in [0.05, 0.1) is 33.4 Å². The number of hydrogen-bond donors (Lipinski definition) is 1. The molecule has 132 valence electrons. The van der Waals surface area contributed by atoms with Crippen LogP contribution in [0.4, 0.5) is 0 Å². The number of benzene rings is 1. The zero-order valence-corrected chi connectivity index (χ0v) is 14.2. The summed E-state index contributed by atoms with van der Waals surface area (Å²) in [6.07, 6.45) is 3.34. The second-order valence-electron chi connectivity index (χ2n) is 5.23. The first-order valence-corrected chi connectivity index (χ1v) is 7.86. The monoisotopic (exact) mass is 335 g/mol. The summed E-state index contributed by atoms with van der Waals surface area (Å²) in [5, 5.41) is 8.70. The van der Waals surface area contributed by atoms with E-state index in [4.69, 9.17) is 9.84 Å². The molecule has 1 aromatic carbocycles. The van der Waals surface area contributed by atoms with E-state index in [0.717, 1.165) is 11.1 Å². The lowest BCUT2D eigenvalue weighted by atomic mass is 10.1. The van der Waals surface area contributed by atoms with E-state index in [1.807, 2.05) is 31.2 Å². The van der Waals surface area contributed by atoms with Crippen LogP contribution in [-0.4, -0.2) is 61.9 Å². The summed E-state index contributed by atoms with van der Waals surface area (Å²) < 4.78 is 9.79. The number of aryl methyl sites for hydroxylation is 1. The molecule has 0 aliphatic rings. The zero-order chi connectivity index (χ0) is 17.8. The highest BCUT2D eigenvalue weighted by molar-refractivity contribution is 5.92. The van der Waals surface area contributed by atoms with Crippen LogP contribution in [0.1, 0.15) is 17.5 Å².